The van der Waals surface area contributed by atoms with E-state index in [1.807, 2.05) is 64.1 Å². The monoisotopic (exact) mass is 551 g/mol. The van der Waals surface area contributed by atoms with E-state index >= 15 is 0 Å². The molecule has 1 aliphatic heterocycles. The standard InChI is InChI=1S/C32H41NO7/c1-6-15-39-27-13-11-23(19-29(27)36-8-3)17-25-21-33(32(35)38-10-5)22-26(31(25)34)18-24-12-14-28(40-16-7-2)30(20-24)37-9-4/h11-14,17-20H,6-10,15-16,21-22H2,1-5H3/b25-17+,26-18+. The number of hydrogen-bond donors (Lipinski definition) is 0. The van der Waals surface area contributed by atoms with Crippen LogP contribution in [0.5, 0.6) is 23.0 Å². The second-order valence-electron chi connectivity index (χ2n) is 9.20. The van der Waals surface area contributed by atoms with Gasteiger partial charge in [-0.3, -0.25) is 9.69 Å². The maximum Gasteiger partial charge on any atom is 0.410 e. The molecule has 1 heterocycles. The Bertz CT molecular complexity index is 1130. The van der Waals surface area contributed by atoms with E-state index in [0.29, 0.717) is 60.6 Å². The van der Waals surface area contributed by atoms with E-state index in [9.17, 15) is 9.59 Å². The van der Waals surface area contributed by atoms with Crippen LogP contribution in [0.4, 0.5) is 4.79 Å². The topological polar surface area (TPSA) is 83.5 Å². The Hall–Kier alpha value is -3.94. The first-order valence-electron chi connectivity index (χ1n) is 14.1. The van der Waals surface area contributed by atoms with E-state index in [0.717, 1.165) is 24.0 Å². The van der Waals surface area contributed by atoms with Gasteiger partial charge in [-0.2, -0.15) is 0 Å². The molecule has 0 bridgehead atoms. The maximum atomic E-state index is 13.7. The molecule has 1 amide bonds. The molecule has 0 N–H and O–H groups in total. The normalized spacial score (nSPS) is 15.3. The van der Waals surface area contributed by atoms with Crippen LogP contribution in [0.2, 0.25) is 0 Å². The molecule has 8 heteroatoms. The van der Waals surface area contributed by atoms with Gasteiger partial charge in [0.2, 0.25) is 0 Å². The fraction of sp³-hybridized carbons (Fsp3) is 0.438. The number of carbonyl (C=O) groups is 2. The first-order valence-corrected chi connectivity index (χ1v) is 14.1. The number of benzene rings is 2. The van der Waals surface area contributed by atoms with E-state index in [4.69, 9.17) is 23.7 Å². The predicted octanol–water partition coefficient (Wildman–Crippen LogP) is 6.57. The van der Waals surface area contributed by atoms with E-state index < -0.39 is 6.09 Å². The van der Waals surface area contributed by atoms with Crippen molar-refractivity contribution < 1.29 is 33.3 Å². The molecule has 40 heavy (non-hydrogen) atoms. The fourth-order valence-corrected chi connectivity index (χ4v) is 4.21. The van der Waals surface area contributed by atoms with Gasteiger partial charge in [0, 0.05) is 11.1 Å². The molecule has 1 fully saturated rings. The Morgan fingerprint density at radius 2 is 1.18 bits per heavy atom. The lowest BCUT2D eigenvalue weighted by Gasteiger charge is -2.29. The minimum absolute atomic E-state index is 0.130. The molecule has 0 saturated carbocycles. The SMILES string of the molecule is CCCOc1ccc(/C=C2\CN(C(=O)OCC)C/C(=C\c3ccc(OCCC)c(OCC)c3)C2=O)cc1OCC. The third kappa shape index (κ3) is 8.28. The average Bonchev–Trinajstić information content (AvgIpc) is 2.94. The van der Waals surface area contributed by atoms with Gasteiger partial charge in [0.05, 0.1) is 46.1 Å². The summed E-state index contributed by atoms with van der Waals surface area (Å²) in [5, 5.41) is 0. The zero-order valence-electron chi connectivity index (χ0n) is 24.3. The number of likely N-dealkylation sites (tertiary alicyclic amines) is 1. The summed E-state index contributed by atoms with van der Waals surface area (Å²) < 4.78 is 28.5. The first kappa shape index (κ1) is 30.6. The van der Waals surface area contributed by atoms with Crippen LogP contribution in [0.1, 0.15) is 58.6 Å². The number of rotatable bonds is 13. The van der Waals surface area contributed by atoms with Crippen molar-refractivity contribution in [3.05, 3.63) is 58.7 Å². The number of ketones is 1. The molecule has 0 radical (unpaired) electrons. The Morgan fingerprint density at radius 1 is 0.700 bits per heavy atom. The lowest BCUT2D eigenvalue weighted by Crippen LogP contribution is -2.41. The van der Waals surface area contributed by atoms with Crippen LogP contribution in [-0.4, -0.2) is 62.9 Å². The van der Waals surface area contributed by atoms with Gasteiger partial charge in [-0.15, -0.1) is 0 Å². The summed E-state index contributed by atoms with van der Waals surface area (Å²) in [5.74, 6) is 2.41. The third-order valence-corrected chi connectivity index (χ3v) is 5.97. The molecule has 0 spiro atoms. The van der Waals surface area contributed by atoms with Crippen LogP contribution in [-0.2, 0) is 9.53 Å². The van der Waals surface area contributed by atoms with Crippen molar-refractivity contribution in [2.24, 2.45) is 0 Å². The molecule has 216 valence electrons. The Labute approximate surface area is 237 Å². The summed E-state index contributed by atoms with van der Waals surface area (Å²) >= 11 is 0. The summed E-state index contributed by atoms with van der Waals surface area (Å²) in [6.45, 7) is 12.3. The second-order valence-corrected chi connectivity index (χ2v) is 9.20. The number of ether oxygens (including phenoxy) is 5. The number of carbonyl (C=O) groups excluding carboxylic acids is 2. The van der Waals surface area contributed by atoms with E-state index in [1.54, 1.807) is 19.1 Å². The minimum Gasteiger partial charge on any atom is -0.490 e. The predicted molar refractivity (Wildman–Crippen MR) is 156 cm³/mol. The third-order valence-electron chi connectivity index (χ3n) is 5.97. The Balaban J connectivity index is 1.99. The number of piperidine rings is 1. The highest BCUT2D eigenvalue weighted by molar-refractivity contribution is 6.15. The molecule has 2 aromatic carbocycles. The molecule has 0 aliphatic carbocycles. The van der Waals surface area contributed by atoms with Crippen molar-refractivity contribution in [3.63, 3.8) is 0 Å². The van der Waals surface area contributed by atoms with Crippen LogP contribution in [0, 0.1) is 0 Å². The summed E-state index contributed by atoms with van der Waals surface area (Å²) in [5.41, 5.74) is 2.50. The molecule has 0 unspecified atom stereocenters. The second kappa shape index (κ2) is 15.6. The van der Waals surface area contributed by atoms with E-state index in [-0.39, 0.29) is 25.5 Å². The Kier molecular flexibility index (Phi) is 11.9. The molecular formula is C32H41NO7. The van der Waals surface area contributed by atoms with Crippen LogP contribution < -0.4 is 18.9 Å². The van der Waals surface area contributed by atoms with Crippen molar-refractivity contribution >= 4 is 24.0 Å². The van der Waals surface area contributed by atoms with Gasteiger partial charge < -0.3 is 23.7 Å². The maximum absolute atomic E-state index is 13.7. The first-order chi connectivity index (χ1) is 19.4. The summed E-state index contributed by atoms with van der Waals surface area (Å²) in [4.78, 5) is 27.9. The molecule has 3 rings (SSSR count). The van der Waals surface area contributed by atoms with Crippen molar-refractivity contribution in [1.29, 1.82) is 0 Å². The van der Waals surface area contributed by atoms with Gasteiger partial charge in [-0.1, -0.05) is 26.0 Å². The van der Waals surface area contributed by atoms with E-state index in [2.05, 4.69) is 0 Å². The quantitative estimate of drug-likeness (QED) is 0.260. The molecule has 2 aromatic rings. The van der Waals surface area contributed by atoms with Crippen LogP contribution in [0.3, 0.4) is 0 Å². The minimum atomic E-state index is -0.469. The Morgan fingerprint density at radius 3 is 1.57 bits per heavy atom. The number of amides is 1. The fourth-order valence-electron chi connectivity index (χ4n) is 4.21. The molecule has 1 saturated heterocycles. The van der Waals surface area contributed by atoms with Gasteiger partial charge in [0.15, 0.2) is 28.8 Å². The molecular weight excluding hydrogens is 510 g/mol. The summed E-state index contributed by atoms with van der Waals surface area (Å²) in [7, 11) is 0. The van der Waals surface area contributed by atoms with E-state index in [1.165, 1.54) is 4.90 Å². The smallest absolute Gasteiger partial charge is 0.410 e. The van der Waals surface area contributed by atoms with Crippen molar-refractivity contribution in [2.75, 3.05) is 46.1 Å². The lowest BCUT2D eigenvalue weighted by atomic mass is 9.94. The highest BCUT2D eigenvalue weighted by atomic mass is 16.6. The summed E-state index contributed by atoms with van der Waals surface area (Å²) in [6, 6.07) is 11.2. The molecule has 0 aromatic heterocycles. The van der Waals surface area contributed by atoms with Crippen molar-refractivity contribution in [3.8, 4) is 23.0 Å². The highest BCUT2D eigenvalue weighted by Crippen LogP contribution is 2.32. The lowest BCUT2D eigenvalue weighted by molar-refractivity contribution is -0.113. The summed E-state index contributed by atoms with van der Waals surface area (Å²) in [6.07, 6.45) is 4.88. The molecule has 0 atom stereocenters. The van der Waals surface area contributed by atoms with Gasteiger partial charge in [-0.05, 0) is 81.2 Å². The van der Waals surface area contributed by atoms with Gasteiger partial charge in [0.25, 0.3) is 0 Å². The average molecular weight is 552 g/mol. The largest absolute Gasteiger partial charge is 0.490 e. The number of hydrogen-bond acceptors (Lipinski definition) is 7. The van der Waals surface area contributed by atoms with Gasteiger partial charge in [-0.25, -0.2) is 4.79 Å². The van der Waals surface area contributed by atoms with Crippen LogP contribution in [0.25, 0.3) is 12.2 Å². The zero-order chi connectivity index (χ0) is 28.9. The highest BCUT2D eigenvalue weighted by Gasteiger charge is 2.30. The van der Waals surface area contributed by atoms with Crippen LogP contribution >= 0.6 is 0 Å². The zero-order valence-corrected chi connectivity index (χ0v) is 24.3. The van der Waals surface area contributed by atoms with Crippen molar-refractivity contribution in [2.45, 2.75) is 47.5 Å². The molecule has 8 nitrogen and oxygen atoms in total. The van der Waals surface area contributed by atoms with Crippen LogP contribution in [0.15, 0.2) is 47.5 Å². The molecule has 1 aliphatic rings. The number of Topliss-reactive ketones (excluding diaryl/α,β-unsaturated/α-hetero) is 1. The van der Waals surface area contributed by atoms with Crippen molar-refractivity contribution in [1.82, 2.24) is 4.90 Å². The number of nitrogens with zero attached hydrogens (tertiary/aromatic N) is 1. The van der Waals surface area contributed by atoms with Gasteiger partial charge >= 0.3 is 6.09 Å². The van der Waals surface area contributed by atoms with Gasteiger partial charge in [0.1, 0.15) is 0 Å².